The van der Waals surface area contributed by atoms with E-state index >= 15 is 0 Å². The van der Waals surface area contributed by atoms with Gasteiger partial charge in [0, 0.05) is 35.8 Å². The standard InChI is InChI=1S/C27H27N3O3/c31-26(29-33)22-15-13-21(14-16-22)18-30-19-24(23-11-4-5-12-25(23)30)27(32)28-17-7-6-10-20-8-2-1-3-9-20/h1-5,8-9,11-16,19,33H,6-7,10,17-18H2,(H,28,32)(H,29,31). The fourth-order valence-electron chi connectivity index (χ4n) is 3.98. The molecule has 33 heavy (non-hydrogen) atoms. The number of rotatable bonds is 9. The molecule has 2 amide bonds. The van der Waals surface area contributed by atoms with Crippen molar-refractivity contribution >= 4 is 22.7 Å². The van der Waals surface area contributed by atoms with Crippen molar-refractivity contribution in [3.63, 3.8) is 0 Å². The highest BCUT2D eigenvalue weighted by Gasteiger charge is 2.15. The number of benzene rings is 3. The largest absolute Gasteiger partial charge is 0.352 e. The smallest absolute Gasteiger partial charge is 0.274 e. The first-order valence-electron chi connectivity index (χ1n) is 11.1. The van der Waals surface area contributed by atoms with Crippen molar-refractivity contribution in [1.82, 2.24) is 15.4 Å². The number of hydrogen-bond donors (Lipinski definition) is 3. The molecule has 3 N–H and O–H groups in total. The lowest BCUT2D eigenvalue weighted by atomic mass is 10.1. The Labute approximate surface area is 192 Å². The Morgan fingerprint density at radius 3 is 2.27 bits per heavy atom. The Kier molecular flexibility index (Phi) is 7.17. The Balaban J connectivity index is 1.41. The van der Waals surface area contributed by atoms with E-state index in [4.69, 9.17) is 5.21 Å². The summed E-state index contributed by atoms with van der Waals surface area (Å²) in [4.78, 5) is 24.4. The maximum absolute atomic E-state index is 12.9. The van der Waals surface area contributed by atoms with Gasteiger partial charge in [0.1, 0.15) is 0 Å². The van der Waals surface area contributed by atoms with Crippen molar-refractivity contribution in [3.8, 4) is 0 Å². The second kappa shape index (κ2) is 10.6. The summed E-state index contributed by atoms with van der Waals surface area (Å²) in [5, 5.41) is 12.7. The van der Waals surface area contributed by atoms with E-state index in [1.54, 1.807) is 17.6 Å². The average molecular weight is 442 g/mol. The van der Waals surface area contributed by atoms with Gasteiger partial charge >= 0.3 is 0 Å². The van der Waals surface area contributed by atoms with Gasteiger partial charge in [0.05, 0.1) is 5.56 Å². The zero-order valence-corrected chi connectivity index (χ0v) is 18.3. The van der Waals surface area contributed by atoms with Crippen LogP contribution >= 0.6 is 0 Å². The van der Waals surface area contributed by atoms with Crippen LogP contribution < -0.4 is 10.8 Å². The molecule has 0 radical (unpaired) electrons. The van der Waals surface area contributed by atoms with Crippen LogP contribution in [0.4, 0.5) is 0 Å². The van der Waals surface area contributed by atoms with Crippen LogP contribution in [0.5, 0.6) is 0 Å². The third kappa shape index (κ3) is 5.48. The van der Waals surface area contributed by atoms with Gasteiger partial charge in [0.15, 0.2) is 0 Å². The third-order valence-electron chi connectivity index (χ3n) is 5.72. The maximum Gasteiger partial charge on any atom is 0.274 e. The molecule has 4 rings (SSSR count). The molecule has 0 fully saturated rings. The normalized spacial score (nSPS) is 10.8. The van der Waals surface area contributed by atoms with E-state index in [2.05, 4.69) is 17.4 Å². The Morgan fingerprint density at radius 1 is 0.788 bits per heavy atom. The number of aryl methyl sites for hydroxylation is 1. The zero-order valence-electron chi connectivity index (χ0n) is 18.3. The SMILES string of the molecule is O=C(NO)c1ccc(Cn2cc(C(=O)NCCCCc3ccccc3)c3ccccc32)cc1. The molecule has 0 aliphatic rings. The number of fused-ring (bicyclic) bond motifs is 1. The summed E-state index contributed by atoms with van der Waals surface area (Å²) < 4.78 is 2.04. The molecule has 0 saturated carbocycles. The minimum atomic E-state index is -0.546. The molecular weight excluding hydrogens is 414 g/mol. The van der Waals surface area contributed by atoms with E-state index in [1.807, 2.05) is 65.4 Å². The van der Waals surface area contributed by atoms with Gasteiger partial charge in [-0.1, -0.05) is 60.7 Å². The first kappa shape index (κ1) is 22.3. The molecule has 3 aromatic carbocycles. The van der Waals surface area contributed by atoms with E-state index in [1.165, 1.54) is 5.56 Å². The number of hydrogen-bond acceptors (Lipinski definition) is 3. The van der Waals surface area contributed by atoms with E-state index in [9.17, 15) is 9.59 Å². The van der Waals surface area contributed by atoms with Crippen LogP contribution in [0.15, 0.2) is 85.1 Å². The summed E-state index contributed by atoms with van der Waals surface area (Å²) in [7, 11) is 0. The highest BCUT2D eigenvalue weighted by molar-refractivity contribution is 6.07. The molecule has 0 aliphatic carbocycles. The molecule has 0 bridgehead atoms. The number of aromatic nitrogens is 1. The van der Waals surface area contributed by atoms with Crippen molar-refractivity contribution in [2.24, 2.45) is 0 Å². The lowest BCUT2D eigenvalue weighted by Crippen LogP contribution is -2.24. The van der Waals surface area contributed by atoms with Crippen LogP contribution in [0.2, 0.25) is 0 Å². The van der Waals surface area contributed by atoms with Gasteiger partial charge in [-0.2, -0.15) is 0 Å². The Bertz CT molecular complexity index is 1230. The molecule has 0 spiro atoms. The molecule has 1 heterocycles. The van der Waals surface area contributed by atoms with E-state index in [0.29, 0.717) is 24.2 Å². The molecular formula is C27H27N3O3. The summed E-state index contributed by atoms with van der Waals surface area (Å²) in [6.45, 7) is 1.20. The number of carbonyl (C=O) groups is 2. The molecule has 6 heteroatoms. The number of nitrogens with zero attached hydrogens (tertiary/aromatic N) is 1. The molecule has 4 aromatic rings. The van der Waals surface area contributed by atoms with Crippen LogP contribution in [0, 0.1) is 0 Å². The van der Waals surface area contributed by atoms with Crippen LogP contribution in [-0.4, -0.2) is 28.1 Å². The van der Waals surface area contributed by atoms with Crippen molar-refractivity contribution < 1.29 is 14.8 Å². The fraction of sp³-hybridized carbons (Fsp3) is 0.185. The monoisotopic (exact) mass is 441 g/mol. The molecule has 0 unspecified atom stereocenters. The number of carbonyl (C=O) groups excluding carboxylic acids is 2. The predicted octanol–water partition coefficient (Wildman–Crippen LogP) is 4.56. The predicted molar refractivity (Wildman–Crippen MR) is 128 cm³/mol. The Hall–Kier alpha value is -3.90. The van der Waals surface area contributed by atoms with Gasteiger partial charge in [-0.15, -0.1) is 0 Å². The second-order valence-corrected chi connectivity index (χ2v) is 8.02. The quantitative estimate of drug-likeness (QED) is 0.202. The van der Waals surface area contributed by atoms with Crippen LogP contribution in [0.3, 0.4) is 0 Å². The first-order valence-corrected chi connectivity index (χ1v) is 11.1. The van der Waals surface area contributed by atoms with Gasteiger partial charge in [-0.3, -0.25) is 14.8 Å². The molecule has 0 atom stereocenters. The minimum absolute atomic E-state index is 0.0698. The number of hydroxylamine groups is 1. The number of nitrogens with one attached hydrogen (secondary N) is 2. The summed E-state index contributed by atoms with van der Waals surface area (Å²) in [5.74, 6) is -0.615. The number of para-hydroxylation sites is 1. The number of amides is 2. The fourth-order valence-corrected chi connectivity index (χ4v) is 3.98. The van der Waals surface area contributed by atoms with Crippen molar-refractivity contribution in [2.75, 3.05) is 6.54 Å². The lowest BCUT2D eigenvalue weighted by Gasteiger charge is -2.06. The topological polar surface area (TPSA) is 83.4 Å². The summed E-state index contributed by atoms with van der Waals surface area (Å²) in [6.07, 6.45) is 4.84. The van der Waals surface area contributed by atoms with Gasteiger partial charge in [-0.05, 0) is 48.6 Å². The first-order chi connectivity index (χ1) is 16.2. The third-order valence-corrected chi connectivity index (χ3v) is 5.72. The van der Waals surface area contributed by atoms with E-state index in [-0.39, 0.29) is 5.91 Å². The summed E-state index contributed by atoms with van der Waals surface area (Å²) in [5.41, 5.74) is 5.95. The Morgan fingerprint density at radius 2 is 1.52 bits per heavy atom. The highest BCUT2D eigenvalue weighted by atomic mass is 16.5. The summed E-state index contributed by atoms with van der Waals surface area (Å²) in [6, 6.07) is 25.2. The summed E-state index contributed by atoms with van der Waals surface area (Å²) >= 11 is 0. The van der Waals surface area contributed by atoms with Gasteiger partial charge in [-0.25, -0.2) is 5.48 Å². The highest BCUT2D eigenvalue weighted by Crippen LogP contribution is 2.22. The molecule has 0 saturated heterocycles. The average Bonchev–Trinajstić information content (AvgIpc) is 3.23. The van der Waals surface area contributed by atoms with Gasteiger partial charge < -0.3 is 9.88 Å². The second-order valence-electron chi connectivity index (χ2n) is 8.02. The van der Waals surface area contributed by atoms with E-state index < -0.39 is 5.91 Å². The lowest BCUT2D eigenvalue weighted by molar-refractivity contribution is 0.0706. The van der Waals surface area contributed by atoms with Gasteiger partial charge in [0.2, 0.25) is 0 Å². The molecule has 168 valence electrons. The van der Waals surface area contributed by atoms with Crippen molar-refractivity contribution in [1.29, 1.82) is 0 Å². The van der Waals surface area contributed by atoms with Crippen LogP contribution in [0.25, 0.3) is 10.9 Å². The van der Waals surface area contributed by atoms with Crippen molar-refractivity contribution in [3.05, 3.63) is 107 Å². The van der Waals surface area contributed by atoms with E-state index in [0.717, 1.165) is 35.7 Å². The van der Waals surface area contributed by atoms with Crippen LogP contribution in [-0.2, 0) is 13.0 Å². The maximum atomic E-state index is 12.9. The molecule has 6 nitrogen and oxygen atoms in total. The zero-order chi connectivity index (χ0) is 23.0. The van der Waals surface area contributed by atoms with Crippen LogP contribution in [0.1, 0.15) is 44.7 Å². The molecule has 1 aromatic heterocycles. The minimum Gasteiger partial charge on any atom is -0.352 e. The van der Waals surface area contributed by atoms with Crippen molar-refractivity contribution in [2.45, 2.75) is 25.8 Å². The van der Waals surface area contributed by atoms with Gasteiger partial charge in [0.25, 0.3) is 11.8 Å². The number of unbranched alkanes of at least 4 members (excludes halogenated alkanes) is 1. The molecule has 0 aliphatic heterocycles.